The van der Waals surface area contributed by atoms with E-state index in [4.69, 9.17) is 23.2 Å². The van der Waals surface area contributed by atoms with Crippen LogP contribution in [0.4, 0.5) is 0 Å². The van der Waals surface area contributed by atoms with Crippen molar-refractivity contribution in [2.24, 2.45) is 0 Å². The van der Waals surface area contributed by atoms with Crippen LogP contribution < -0.4 is 5.32 Å². The van der Waals surface area contributed by atoms with Gasteiger partial charge in [-0.1, -0.05) is 35.3 Å². The molecule has 1 rings (SSSR count). The zero-order valence-electron chi connectivity index (χ0n) is 7.35. The van der Waals surface area contributed by atoms with Gasteiger partial charge in [-0.2, -0.15) is 0 Å². The molecule has 0 saturated heterocycles. The van der Waals surface area contributed by atoms with Crippen LogP contribution in [0.5, 0.6) is 0 Å². The second-order valence-corrected chi connectivity index (χ2v) is 3.49. The van der Waals surface area contributed by atoms with E-state index in [1.807, 2.05) is 25.3 Å². The first-order valence-corrected chi connectivity index (χ1v) is 4.69. The lowest BCUT2D eigenvalue weighted by atomic mass is 10.1. The van der Waals surface area contributed by atoms with Crippen LogP contribution >= 0.6 is 23.2 Å². The van der Waals surface area contributed by atoms with Gasteiger partial charge in [0.2, 0.25) is 0 Å². The molecule has 0 bridgehead atoms. The highest BCUT2D eigenvalue weighted by Gasteiger charge is 2.06. The molecule has 1 N–H and O–H groups in total. The van der Waals surface area contributed by atoms with E-state index < -0.39 is 0 Å². The van der Waals surface area contributed by atoms with Crippen molar-refractivity contribution < 1.29 is 0 Å². The normalized spacial score (nSPS) is 12.5. The predicted molar refractivity (Wildman–Crippen MR) is 58.5 cm³/mol. The first-order chi connectivity index (χ1) is 6.19. The fourth-order valence-corrected chi connectivity index (χ4v) is 1.43. The summed E-state index contributed by atoms with van der Waals surface area (Å²) < 4.78 is 0. The number of hydrogen-bond acceptors (Lipinski definition) is 1. The molecule has 0 aliphatic heterocycles. The maximum atomic E-state index is 5.88. The van der Waals surface area contributed by atoms with Crippen molar-refractivity contribution in [1.82, 2.24) is 5.32 Å². The standard InChI is InChI=1S/C10H11Cl2N/c1-3-10(13-2)7-4-5-8(11)9(12)6-7/h3-6,10,13H,1H2,2H3. The molecule has 13 heavy (non-hydrogen) atoms. The Morgan fingerprint density at radius 1 is 1.38 bits per heavy atom. The predicted octanol–water partition coefficient (Wildman–Crippen LogP) is 3.44. The third-order valence-corrected chi connectivity index (χ3v) is 2.59. The Balaban J connectivity index is 3.01. The first kappa shape index (κ1) is 10.6. The fourth-order valence-electron chi connectivity index (χ4n) is 1.13. The molecule has 0 aliphatic carbocycles. The monoisotopic (exact) mass is 215 g/mol. The first-order valence-electron chi connectivity index (χ1n) is 3.93. The van der Waals surface area contributed by atoms with Crippen LogP contribution in [0.15, 0.2) is 30.9 Å². The van der Waals surface area contributed by atoms with Crippen LogP contribution in [-0.2, 0) is 0 Å². The highest BCUT2D eigenvalue weighted by atomic mass is 35.5. The Bertz CT molecular complexity index is 310. The van der Waals surface area contributed by atoms with Gasteiger partial charge in [-0.15, -0.1) is 6.58 Å². The number of benzene rings is 1. The van der Waals surface area contributed by atoms with Gasteiger partial charge in [0.1, 0.15) is 0 Å². The molecular formula is C10H11Cl2N. The minimum Gasteiger partial charge on any atom is -0.310 e. The lowest BCUT2D eigenvalue weighted by molar-refractivity contribution is 0.716. The third-order valence-electron chi connectivity index (χ3n) is 1.85. The van der Waals surface area contributed by atoms with Crippen LogP contribution in [0.25, 0.3) is 0 Å². The molecule has 0 saturated carbocycles. The Morgan fingerprint density at radius 2 is 2.08 bits per heavy atom. The Hall–Kier alpha value is -0.500. The molecule has 1 aromatic rings. The molecule has 70 valence electrons. The van der Waals surface area contributed by atoms with Crippen molar-refractivity contribution in [3.05, 3.63) is 46.5 Å². The van der Waals surface area contributed by atoms with Gasteiger partial charge in [0.05, 0.1) is 16.1 Å². The van der Waals surface area contributed by atoms with Gasteiger partial charge >= 0.3 is 0 Å². The van der Waals surface area contributed by atoms with E-state index in [1.165, 1.54) is 0 Å². The molecular weight excluding hydrogens is 205 g/mol. The molecule has 0 radical (unpaired) electrons. The highest BCUT2D eigenvalue weighted by Crippen LogP contribution is 2.25. The Kier molecular flexibility index (Phi) is 3.79. The maximum Gasteiger partial charge on any atom is 0.0595 e. The van der Waals surface area contributed by atoms with E-state index in [1.54, 1.807) is 6.07 Å². The maximum absolute atomic E-state index is 5.88. The molecule has 0 aliphatic rings. The van der Waals surface area contributed by atoms with Crippen LogP contribution in [0.1, 0.15) is 11.6 Å². The second kappa shape index (κ2) is 4.66. The van der Waals surface area contributed by atoms with Gasteiger partial charge in [0.25, 0.3) is 0 Å². The number of likely N-dealkylation sites (N-methyl/N-ethyl adjacent to an activating group) is 1. The molecule has 0 fully saturated rings. The van der Waals surface area contributed by atoms with Gasteiger partial charge in [-0.25, -0.2) is 0 Å². The molecule has 0 amide bonds. The summed E-state index contributed by atoms with van der Waals surface area (Å²) >= 11 is 11.7. The van der Waals surface area contributed by atoms with E-state index in [-0.39, 0.29) is 6.04 Å². The van der Waals surface area contributed by atoms with Gasteiger partial charge in [0.15, 0.2) is 0 Å². The summed E-state index contributed by atoms with van der Waals surface area (Å²) in [4.78, 5) is 0. The average molecular weight is 216 g/mol. The molecule has 3 heteroatoms. The summed E-state index contributed by atoms with van der Waals surface area (Å²) in [6.45, 7) is 3.72. The van der Waals surface area contributed by atoms with Crippen molar-refractivity contribution >= 4 is 23.2 Å². The number of rotatable bonds is 3. The second-order valence-electron chi connectivity index (χ2n) is 2.68. The van der Waals surface area contributed by atoms with Gasteiger partial charge in [0, 0.05) is 0 Å². The zero-order valence-corrected chi connectivity index (χ0v) is 8.86. The van der Waals surface area contributed by atoms with Crippen LogP contribution in [-0.4, -0.2) is 7.05 Å². The van der Waals surface area contributed by atoms with E-state index >= 15 is 0 Å². The Labute approximate surface area is 88.4 Å². The highest BCUT2D eigenvalue weighted by molar-refractivity contribution is 6.42. The largest absolute Gasteiger partial charge is 0.310 e. The summed E-state index contributed by atoms with van der Waals surface area (Å²) in [7, 11) is 1.87. The lowest BCUT2D eigenvalue weighted by Gasteiger charge is -2.11. The zero-order chi connectivity index (χ0) is 9.84. The quantitative estimate of drug-likeness (QED) is 0.763. The van der Waals surface area contributed by atoms with E-state index in [2.05, 4.69) is 11.9 Å². The van der Waals surface area contributed by atoms with Gasteiger partial charge < -0.3 is 5.32 Å². The van der Waals surface area contributed by atoms with Crippen molar-refractivity contribution in [3.63, 3.8) is 0 Å². The van der Waals surface area contributed by atoms with Crippen molar-refractivity contribution in [2.45, 2.75) is 6.04 Å². The van der Waals surface area contributed by atoms with E-state index in [9.17, 15) is 0 Å². The number of hydrogen-bond donors (Lipinski definition) is 1. The van der Waals surface area contributed by atoms with Crippen LogP contribution in [0, 0.1) is 0 Å². The number of halogens is 2. The summed E-state index contributed by atoms with van der Waals surface area (Å²) in [6, 6.07) is 5.67. The van der Waals surface area contributed by atoms with Crippen molar-refractivity contribution in [3.8, 4) is 0 Å². The molecule has 1 aromatic carbocycles. The minimum atomic E-state index is 0.120. The summed E-state index contributed by atoms with van der Waals surface area (Å²) in [5.41, 5.74) is 1.06. The number of nitrogens with one attached hydrogen (secondary N) is 1. The van der Waals surface area contributed by atoms with Gasteiger partial charge in [-0.3, -0.25) is 0 Å². The van der Waals surface area contributed by atoms with Crippen molar-refractivity contribution in [2.75, 3.05) is 7.05 Å². The SMILES string of the molecule is C=CC(NC)c1ccc(Cl)c(Cl)c1. The smallest absolute Gasteiger partial charge is 0.0595 e. The minimum absolute atomic E-state index is 0.120. The van der Waals surface area contributed by atoms with E-state index in [0.29, 0.717) is 10.0 Å². The van der Waals surface area contributed by atoms with E-state index in [0.717, 1.165) is 5.56 Å². The molecule has 1 unspecified atom stereocenters. The fraction of sp³-hybridized carbons (Fsp3) is 0.200. The summed E-state index contributed by atoms with van der Waals surface area (Å²) in [5.74, 6) is 0. The average Bonchev–Trinajstić information content (AvgIpc) is 2.13. The molecule has 1 atom stereocenters. The molecule has 0 heterocycles. The third kappa shape index (κ3) is 2.47. The van der Waals surface area contributed by atoms with Crippen LogP contribution in [0.3, 0.4) is 0 Å². The topological polar surface area (TPSA) is 12.0 Å². The molecule has 1 nitrogen and oxygen atoms in total. The van der Waals surface area contributed by atoms with Gasteiger partial charge in [-0.05, 0) is 24.7 Å². The van der Waals surface area contributed by atoms with Crippen LogP contribution in [0.2, 0.25) is 10.0 Å². The molecule has 0 aromatic heterocycles. The lowest BCUT2D eigenvalue weighted by Crippen LogP contribution is -2.13. The summed E-state index contributed by atoms with van der Waals surface area (Å²) in [5, 5.41) is 4.24. The molecule has 0 spiro atoms. The Morgan fingerprint density at radius 3 is 2.54 bits per heavy atom. The summed E-state index contributed by atoms with van der Waals surface area (Å²) in [6.07, 6.45) is 1.82. The van der Waals surface area contributed by atoms with Crippen molar-refractivity contribution in [1.29, 1.82) is 0 Å².